The number of hydrogen-bond donors (Lipinski definition) is 2. The van der Waals surface area contributed by atoms with Gasteiger partial charge in [-0.2, -0.15) is 0 Å². The summed E-state index contributed by atoms with van der Waals surface area (Å²) in [5.41, 5.74) is 7.09. The third-order valence-electron chi connectivity index (χ3n) is 4.38. The average molecular weight is 304 g/mol. The lowest BCUT2D eigenvalue weighted by molar-refractivity contribution is 0.0941. The molecule has 0 radical (unpaired) electrons. The van der Waals surface area contributed by atoms with Crippen LogP contribution >= 0.6 is 11.3 Å². The molecule has 112 valence electrons. The first-order chi connectivity index (χ1) is 10.2. The van der Waals surface area contributed by atoms with E-state index in [1.54, 1.807) is 12.4 Å². The Labute approximate surface area is 128 Å². The van der Waals surface area contributed by atoms with E-state index in [4.69, 9.17) is 5.73 Å². The maximum absolute atomic E-state index is 12.3. The molecule has 0 spiro atoms. The van der Waals surface area contributed by atoms with Gasteiger partial charge in [-0.3, -0.25) is 4.79 Å². The Morgan fingerprint density at radius 3 is 2.90 bits per heavy atom. The minimum absolute atomic E-state index is 0.102. The molecule has 0 bridgehead atoms. The molecule has 1 amide bonds. The van der Waals surface area contributed by atoms with E-state index in [0.717, 1.165) is 6.54 Å². The Morgan fingerprint density at radius 2 is 2.14 bits per heavy atom. The third-order valence-corrected chi connectivity index (χ3v) is 5.48. The maximum Gasteiger partial charge on any atom is 0.263 e. The van der Waals surface area contributed by atoms with Crippen molar-refractivity contribution in [1.82, 2.24) is 15.3 Å². The summed E-state index contributed by atoms with van der Waals surface area (Å²) in [6.07, 6.45) is 8.25. The number of aromatic nitrogens is 2. The van der Waals surface area contributed by atoms with Crippen molar-refractivity contribution in [3.8, 4) is 0 Å². The smallest absolute Gasteiger partial charge is 0.263 e. The molecule has 6 heteroatoms. The van der Waals surface area contributed by atoms with Crippen LogP contribution in [0.3, 0.4) is 0 Å². The Bertz CT molecular complexity index is 654. The number of amides is 1. The predicted octanol–water partition coefficient (Wildman–Crippen LogP) is 2.83. The minimum atomic E-state index is -0.102. The topological polar surface area (TPSA) is 80.9 Å². The minimum Gasteiger partial charge on any atom is -0.396 e. The molecule has 3 N–H and O–H groups in total. The first-order valence-corrected chi connectivity index (χ1v) is 8.25. The fourth-order valence-electron chi connectivity index (χ4n) is 3.01. The molecule has 0 saturated heterocycles. The Morgan fingerprint density at radius 1 is 1.38 bits per heavy atom. The predicted molar refractivity (Wildman–Crippen MR) is 85.3 cm³/mol. The molecule has 1 saturated carbocycles. The summed E-state index contributed by atoms with van der Waals surface area (Å²) in [7, 11) is 0. The standard InChI is InChI=1S/C15H20N4OS/c1-9-4-2-3-5-10(9)8-19-14(20)13-11(16)12-15(21-13)18-7-6-17-12/h6-7,9-10H,2-5,8,16H2,1H3,(H,19,20). The molecular formula is C15H20N4OS. The largest absolute Gasteiger partial charge is 0.396 e. The SMILES string of the molecule is CC1CCCCC1CNC(=O)c1sc2nccnc2c1N. The van der Waals surface area contributed by atoms with Crippen molar-refractivity contribution < 1.29 is 4.79 Å². The zero-order valence-corrected chi connectivity index (χ0v) is 12.9. The van der Waals surface area contributed by atoms with E-state index in [1.807, 2.05) is 0 Å². The summed E-state index contributed by atoms with van der Waals surface area (Å²) >= 11 is 1.31. The first-order valence-electron chi connectivity index (χ1n) is 7.44. The van der Waals surface area contributed by atoms with E-state index in [-0.39, 0.29) is 5.91 Å². The zero-order chi connectivity index (χ0) is 14.8. The summed E-state index contributed by atoms with van der Waals surface area (Å²) in [6.45, 7) is 3.01. The van der Waals surface area contributed by atoms with Crippen molar-refractivity contribution in [2.24, 2.45) is 11.8 Å². The summed E-state index contributed by atoms with van der Waals surface area (Å²) in [5, 5.41) is 3.04. The normalized spacial score (nSPS) is 22.3. The quantitative estimate of drug-likeness (QED) is 0.913. The van der Waals surface area contributed by atoms with Gasteiger partial charge in [-0.25, -0.2) is 9.97 Å². The molecule has 5 nitrogen and oxygen atoms in total. The number of nitrogens with zero attached hydrogens (tertiary/aromatic N) is 2. The van der Waals surface area contributed by atoms with Crippen LogP contribution in [0.2, 0.25) is 0 Å². The molecule has 0 aromatic carbocycles. The summed E-state index contributed by atoms with van der Waals surface area (Å²) in [5.74, 6) is 1.16. The van der Waals surface area contributed by atoms with Crippen molar-refractivity contribution in [3.63, 3.8) is 0 Å². The monoisotopic (exact) mass is 304 g/mol. The van der Waals surface area contributed by atoms with Crippen LogP contribution < -0.4 is 11.1 Å². The van der Waals surface area contributed by atoms with Crippen LogP contribution in [0.25, 0.3) is 10.3 Å². The Balaban J connectivity index is 1.70. The Kier molecular flexibility index (Phi) is 4.05. The number of carbonyl (C=O) groups excluding carboxylic acids is 1. The molecule has 1 aliphatic rings. The number of hydrogen-bond acceptors (Lipinski definition) is 5. The molecule has 2 aromatic rings. The number of nitrogen functional groups attached to an aromatic ring is 1. The van der Waals surface area contributed by atoms with E-state index < -0.39 is 0 Å². The second kappa shape index (κ2) is 5.97. The van der Waals surface area contributed by atoms with Gasteiger partial charge in [0.2, 0.25) is 0 Å². The van der Waals surface area contributed by atoms with Gasteiger partial charge < -0.3 is 11.1 Å². The number of anilines is 1. The van der Waals surface area contributed by atoms with Gasteiger partial charge in [-0.05, 0) is 18.3 Å². The highest BCUT2D eigenvalue weighted by Gasteiger charge is 2.23. The molecule has 1 aliphatic carbocycles. The number of fused-ring (bicyclic) bond motifs is 1. The molecule has 21 heavy (non-hydrogen) atoms. The average Bonchev–Trinajstić information content (AvgIpc) is 2.84. The van der Waals surface area contributed by atoms with Crippen LogP contribution in [-0.2, 0) is 0 Å². The van der Waals surface area contributed by atoms with E-state index >= 15 is 0 Å². The van der Waals surface area contributed by atoms with Crippen LogP contribution in [0.4, 0.5) is 5.69 Å². The van der Waals surface area contributed by atoms with Gasteiger partial charge in [0.25, 0.3) is 5.91 Å². The highest BCUT2D eigenvalue weighted by Crippen LogP contribution is 2.31. The van der Waals surface area contributed by atoms with Crippen LogP contribution in [0, 0.1) is 11.8 Å². The van der Waals surface area contributed by atoms with Gasteiger partial charge in [-0.15, -0.1) is 11.3 Å². The van der Waals surface area contributed by atoms with Gasteiger partial charge in [0, 0.05) is 18.9 Å². The molecule has 2 atom stereocenters. The van der Waals surface area contributed by atoms with Crippen LogP contribution in [-0.4, -0.2) is 22.4 Å². The summed E-state index contributed by atoms with van der Waals surface area (Å²) < 4.78 is 0. The number of thiophene rings is 1. The third kappa shape index (κ3) is 2.85. The lowest BCUT2D eigenvalue weighted by Crippen LogP contribution is -2.33. The number of nitrogens with two attached hydrogens (primary N) is 1. The van der Waals surface area contributed by atoms with Gasteiger partial charge in [-0.1, -0.05) is 26.2 Å². The van der Waals surface area contributed by atoms with Crippen LogP contribution in [0.5, 0.6) is 0 Å². The van der Waals surface area contributed by atoms with E-state index in [0.29, 0.717) is 32.7 Å². The molecular weight excluding hydrogens is 284 g/mol. The second-order valence-electron chi connectivity index (χ2n) is 5.79. The summed E-state index contributed by atoms with van der Waals surface area (Å²) in [4.78, 5) is 22.0. The molecule has 1 fully saturated rings. The molecule has 2 unspecified atom stereocenters. The lowest BCUT2D eigenvalue weighted by atomic mass is 9.80. The fourth-order valence-corrected chi connectivity index (χ4v) is 3.95. The first kappa shape index (κ1) is 14.3. The lowest BCUT2D eigenvalue weighted by Gasteiger charge is -2.28. The van der Waals surface area contributed by atoms with E-state index in [2.05, 4.69) is 22.2 Å². The number of nitrogens with one attached hydrogen (secondary N) is 1. The molecule has 2 heterocycles. The molecule has 0 aliphatic heterocycles. The van der Waals surface area contributed by atoms with Crippen molar-refractivity contribution in [2.75, 3.05) is 12.3 Å². The van der Waals surface area contributed by atoms with E-state index in [9.17, 15) is 4.79 Å². The second-order valence-corrected chi connectivity index (χ2v) is 6.79. The van der Waals surface area contributed by atoms with Crippen LogP contribution in [0.15, 0.2) is 12.4 Å². The maximum atomic E-state index is 12.3. The van der Waals surface area contributed by atoms with Crippen molar-refractivity contribution in [2.45, 2.75) is 32.6 Å². The zero-order valence-electron chi connectivity index (χ0n) is 12.1. The fraction of sp³-hybridized carbons (Fsp3) is 0.533. The van der Waals surface area contributed by atoms with E-state index in [1.165, 1.54) is 37.0 Å². The van der Waals surface area contributed by atoms with Crippen molar-refractivity contribution >= 4 is 33.3 Å². The summed E-state index contributed by atoms with van der Waals surface area (Å²) in [6, 6.07) is 0. The van der Waals surface area contributed by atoms with Gasteiger partial charge in [0.05, 0.1) is 5.69 Å². The molecule has 2 aromatic heterocycles. The molecule has 3 rings (SSSR count). The highest BCUT2D eigenvalue weighted by atomic mass is 32.1. The van der Waals surface area contributed by atoms with Crippen LogP contribution in [0.1, 0.15) is 42.3 Å². The van der Waals surface area contributed by atoms with Gasteiger partial charge >= 0.3 is 0 Å². The Hall–Kier alpha value is -1.69. The van der Waals surface area contributed by atoms with Gasteiger partial charge in [0.1, 0.15) is 15.2 Å². The van der Waals surface area contributed by atoms with Gasteiger partial charge in [0.15, 0.2) is 0 Å². The number of carbonyl (C=O) groups is 1. The van der Waals surface area contributed by atoms with Crippen molar-refractivity contribution in [3.05, 3.63) is 17.3 Å². The number of rotatable bonds is 3. The highest BCUT2D eigenvalue weighted by molar-refractivity contribution is 7.21. The van der Waals surface area contributed by atoms with Crippen molar-refractivity contribution in [1.29, 1.82) is 0 Å².